The molecule has 1 aromatic rings. The summed E-state index contributed by atoms with van der Waals surface area (Å²) >= 11 is 0. The van der Waals surface area contributed by atoms with Crippen LogP contribution in [-0.4, -0.2) is 17.8 Å². The summed E-state index contributed by atoms with van der Waals surface area (Å²) in [5.41, 5.74) is 3.03. The summed E-state index contributed by atoms with van der Waals surface area (Å²) in [7, 11) is 0. The highest BCUT2D eigenvalue weighted by Crippen LogP contribution is 2.37. The van der Waals surface area contributed by atoms with Crippen molar-refractivity contribution in [1.82, 2.24) is 5.32 Å². The van der Waals surface area contributed by atoms with Crippen molar-refractivity contribution < 1.29 is 5.11 Å². The highest BCUT2D eigenvalue weighted by molar-refractivity contribution is 5.34. The van der Waals surface area contributed by atoms with Gasteiger partial charge in [0.1, 0.15) is 0 Å². The van der Waals surface area contributed by atoms with Crippen molar-refractivity contribution in [1.29, 1.82) is 0 Å². The summed E-state index contributed by atoms with van der Waals surface area (Å²) in [6.07, 6.45) is 5.63. The number of nitrogens with one attached hydrogen (secondary N) is 1. The molecular weight excluding hydrogens is 234 g/mol. The summed E-state index contributed by atoms with van der Waals surface area (Å²) < 4.78 is 0. The number of fused-ring (bicyclic) bond motifs is 1. The van der Waals surface area contributed by atoms with E-state index in [4.69, 9.17) is 0 Å². The summed E-state index contributed by atoms with van der Waals surface area (Å²) in [4.78, 5) is 0. The molecule has 1 saturated carbocycles. The van der Waals surface area contributed by atoms with Gasteiger partial charge in [-0.05, 0) is 61.6 Å². The molecule has 2 N–H and O–H groups in total. The highest BCUT2D eigenvalue weighted by atomic mass is 16.3. The molecule has 4 unspecified atom stereocenters. The minimum atomic E-state index is -0.0505. The Morgan fingerprint density at radius 3 is 2.63 bits per heavy atom. The van der Waals surface area contributed by atoms with Crippen LogP contribution in [0.1, 0.15) is 62.1 Å². The van der Waals surface area contributed by atoms with Crippen LogP contribution in [0, 0.1) is 5.92 Å². The molecule has 2 heteroatoms. The molecular formula is C17H25NO. The molecule has 0 bridgehead atoms. The van der Waals surface area contributed by atoms with E-state index < -0.39 is 0 Å². The van der Waals surface area contributed by atoms with Gasteiger partial charge >= 0.3 is 0 Å². The zero-order valence-electron chi connectivity index (χ0n) is 11.8. The Kier molecular flexibility index (Phi) is 3.90. The van der Waals surface area contributed by atoms with E-state index in [1.54, 1.807) is 0 Å². The van der Waals surface area contributed by atoms with Crippen molar-refractivity contribution in [3.63, 3.8) is 0 Å². The number of rotatable bonds is 3. The van der Waals surface area contributed by atoms with Crippen LogP contribution >= 0.6 is 0 Å². The van der Waals surface area contributed by atoms with Crippen LogP contribution in [0.2, 0.25) is 0 Å². The topological polar surface area (TPSA) is 32.3 Å². The first-order chi connectivity index (χ1) is 9.24. The van der Waals surface area contributed by atoms with Gasteiger partial charge < -0.3 is 10.4 Å². The smallest absolute Gasteiger partial charge is 0.0543 e. The van der Waals surface area contributed by atoms with Crippen molar-refractivity contribution in [2.45, 2.75) is 57.1 Å². The van der Waals surface area contributed by atoms with Crippen molar-refractivity contribution in [2.24, 2.45) is 5.92 Å². The van der Waals surface area contributed by atoms with Crippen LogP contribution in [0.15, 0.2) is 24.3 Å². The Balaban J connectivity index is 1.64. The summed E-state index contributed by atoms with van der Waals surface area (Å²) in [6.45, 7) is 3.40. The number of benzene rings is 1. The third kappa shape index (κ3) is 2.85. The van der Waals surface area contributed by atoms with Gasteiger partial charge in [-0.1, -0.05) is 31.2 Å². The molecule has 104 valence electrons. The third-order valence-corrected chi connectivity index (χ3v) is 4.96. The van der Waals surface area contributed by atoms with Crippen molar-refractivity contribution in [2.75, 3.05) is 6.54 Å². The molecule has 3 rings (SSSR count). The minimum Gasteiger partial charge on any atom is -0.393 e. The summed E-state index contributed by atoms with van der Waals surface area (Å²) in [5, 5.41) is 13.4. The number of hydrogen-bond acceptors (Lipinski definition) is 2. The first kappa shape index (κ1) is 13.1. The van der Waals surface area contributed by atoms with Gasteiger partial charge in [-0.15, -0.1) is 0 Å². The molecule has 2 nitrogen and oxygen atoms in total. The average molecular weight is 259 g/mol. The highest BCUT2D eigenvalue weighted by Gasteiger charge is 2.27. The fourth-order valence-electron chi connectivity index (χ4n) is 3.76. The average Bonchev–Trinajstić information content (AvgIpc) is 2.84. The quantitative estimate of drug-likeness (QED) is 0.872. The van der Waals surface area contributed by atoms with Crippen molar-refractivity contribution in [3.8, 4) is 0 Å². The summed E-state index contributed by atoms with van der Waals surface area (Å²) in [5.74, 6) is 1.36. The molecule has 0 saturated heterocycles. The fourth-order valence-corrected chi connectivity index (χ4v) is 3.76. The Labute approximate surface area is 116 Å². The second-order valence-corrected chi connectivity index (χ2v) is 6.40. The molecule has 0 amide bonds. The van der Waals surface area contributed by atoms with E-state index in [0.29, 0.717) is 17.9 Å². The van der Waals surface area contributed by atoms with Crippen LogP contribution in [0.4, 0.5) is 0 Å². The number of hydrogen-bond donors (Lipinski definition) is 2. The van der Waals surface area contributed by atoms with Gasteiger partial charge in [0.25, 0.3) is 0 Å². The van der Waals surface area contributed by atoms with E-state index in [-0.39, 0.29) is 6.10 Å². The Morgan fingerprint density at radius 1 is 1.11 bits per heavy atom. The van der Waals surface area contributed by atoms with Gasteiger partial charge in [0, 0.05) is 6.04 Å². The fraction of sp³-hybridized carbons (Fsp3) is 0.647. The Morgan fingerprint density at radius 2 is 1.89 bits per heavy atom. The molecule has 2 aliphatic rings. The molecule has 0 spiro atoms. The lowest BCUT2D eigenvalue weighted by atomic mass is 9.81. The molecule has 4 atom stereocenters. The van der Waals surface area contributed by atoms with Crippen LogP contribution in [-0.2, 0) is 0 Å². The second-order valence-electron chi connectivity index (χ2n) is 6.40. The number of aliphatic hydroxyl groups is 1. The van der Waals surface area contributed by atoms with Crippen LogP contribution in [0.3, 0.4) is 0 Å². The molecule has 0 aromatic heterocycles. The molecule has 1 fully saturated rings. The van der Waals surface area contributed by atoms with E-state index >= 15 is 0 Å². The monoisotopic (exact) mass is 259 g/mol. The minimum absolute atomic E-state index is 0.0505. The third-order valence-electron chi connectivity index (χ3n) is 4.96. The molecule has 2 aliphatic carbocycles. The first-order valence-electron chi connectivity index (χ1n) is 7.74. The number of aliphatic hydroxyl groups excluding tert-OH is 1. The van der Waals surface area contributed by atoms with Crippen molar-refractivity contribution in [3.05, 3.63) is 35.4 Å². The van der Waals surface area contributed by atoms with E-state index in [0.717, 1.165) is 19.4 Å². The maximum absolute atomic E-state index is 9.60. The lowest BCUT2D eigenvalue weighted by Gasteiger charge is -2.31. The van der Waals surface area contributed by atoms with E-state index in [2.05, 4.69) is 36.5 Å². The lowest BCUT2D eigenvalue weighted by Crippen LogP contribution is -2.30. The van der Waals surface area contributed by atoms with Gasteiger partial charge in [-0.3, -0.25) is 0 Å². The van der Waals surface area contributed by atoms with Crippen molar-refractivity contribution >= 4 is 0 Å². The van der Waals surface area contributed by atoms with Crippen LogP contribution in [0.25, 0.3) is 0 Å². The zero-order chi connectivity index (χ0) is 13.2. The van der Waals surface area contributed by atoms with Crippen LogP contribution in [0.5, 0.6) is 0 Å². The van der Waals surface area contributed by atoms with Gasteiger partial charge in [-0.25, -0.2) is 0 Å². The lowest BCUT2D eigenvalue weighted by molar-refractivity contribution is 0.177. The standard InChI is InChI=1S/C17H25NO/c1-12-6-9-17(16-5-3-2-4-15(12)16)18-11-13-7-8-14(19)10-13/h2-5,12-14,17-19H,6-11H2,1H3. The molecule has 0 heterocycles. The molecule has 0 radical (unpaired) electrons. The molecule has 19 heavy (non-hydrogen) atoms. The second kappa shape index (κ2) is 5.64. The normalized spacial score (nSPS) is 34.2. The largest absolute Gasteiger partial charge is 0.393 e. The van der Waals surface area contributed by atoms with E-state index in [1.807, 2.05) is 0 Å². The van der Waals surface area contributed by atoms with Gasteiger partial charge in [0.15, 0.2) is 0 Å². The zero-order valence-corrected chi connectivity index (χ0v) is 11.8. The van der Waals surface area contributed by atoms with E-state index in [9.17, 15) is 5.11 Å². The maximum atomic E-state index is 9.60. The van der Waals surface area contributed by atoms with Crippen LogP contribution < -0.4 is 5.32 Å². The first-order valence-corrected chi connectivity index (χ1v) is 7.74. The Bertz CT molecular complexity index is 431. The van der Waals surface area contributed by atoms with Gasteiger partial charge in [0.2, 0.25) is 0 Å². The van der Waals surface area contributed by atoms with Gasteiger partial charge in [0.05, 0.1) is 6.10 Å². The predicted molar refractivity (Wildman–Crippen MR) is 78.2 cm³/mol. The van der Waals surface area contributed by atoms with Gasteiger partial charge in [-0.2, -0.15) is 0 Å². The SMILES string of the molecule is CC1CCC(NCC2CCC(O)C2)c2ccccc21. The predicted octanol–water partition coefficient (Wildman–Crippen LogP) is 3.38. The maximum Gasteiger partial charge on any atom is 0.0543 e. The summed E-state index contributed by atoms with van der Waals surface area (Å²) in [6, 6.07) is 9.40. The Hall–Kier alpha value is -0.860. The molecule has 1 aromatic carbocycles. The van der Waals surface area contributed by atoms with E-state index in [1.165, 1.54) is 30.4 Å². The molecule has 0 aliphatic heterocycles.